The van der Waals surface area contributed by atoms with Gasteiger partial charge in [-0.2, -0.15) is 4.98 Å². The number of amides is 1. The lowest BCUT2D eigenvalue weighted by atomic mass is 10.2. The number of carbonyl (C=O) groups is 1. The van der Waals surface area contributed by atoms with E-state index in [0.717, 1.165) is 5.75 Å². The van der Waals surface area contributed by atoms with Crippen molar-refractivity contribution in [2.45, 2.75) is 19.9 Å². The van der Waals surface area contributed by atoms with E-state index >= 15 is 0 Å². The van der Waals surface area contributed by atoms with Crippen molar-refractivity contribution in [1.29, 1.82) is 0 Å². The van der Waals surface area contributed by atoms with Gasteiger partial charge >= 0.3 is 0 Å². The highest BCUT2D eigenvalue weighted by atomic mass is 35.5. The molecule has 0 radical (unpaired) electrons. The zero-order chi connectivity index (χ0) is 18.5. The highest BCUT2D eigenvalue weighted by molar-refractivity contribution is 6.33. The minimum Gasteiger partial charge on any atom is -0.494 e. The van der Waals surface area contributed by atoms with Crippen LogP contribution >= 0.6 is 11.6 Å². The predicted octanol–water partition coefficient (Wildman–Crippen LogP) is 4.28. The highest BCUT2D eigenvalue weighted by Gasteiger charge is 2.19. The second-order valence-electron chi connectivity index (χ2n) is 5.59. The average molecular weight is 372 g/mol. The van der Waals surface area contributed by atoms with E-state index in [4.69, 9.17) is 20.9 Å². The first-order chi connectivity index (χ1) is 12.6. The molecule has 1 heterocycles. The van der Waals surface area contributed by atoms with Gasteiger partial charge in [0.1, 0.15) is 11.8 Å². The van der Waals surface area contributed by atoms with Crippen LogP contribution in [0.2, 0.25) is 5.02 Å². The summed E-state index contributed by atoms with van der Waals surface area (Å²) >= 11 is 6.15. The molecule has 1 atom stereocenters. The van der Waals surface area contributed by atoms with Crippen LogP contribution in [0, 0.1) is 0 Å². The number of carbonyl (C=O) groups excluding carboxylic acids is 1. The molecule has 6 nitrogen and oxygen atoms in total. The second-order valence-corrected chi connectivity index (χ2v) is 6.00. The van der Waals surface area contributed by atoms with E-state index in [1.807, 2.05) is 19.1 Å². The molecule has 0 bridgehead atoms. The normalized spacial score (nSPS) is 11.8. The number of hydrogen-bond donors (Lipinski definition) is 1. The largest absolute Gasteiger partial charge is 0.494 e. The Bertz CT molecular complexity index is 893. The summed E-state index contributed by atoms with van der Waals surface area (Å²) in [7, 11) is 0. The molecule has 0 saturated carbocycles. The molecule has 3 aromatic rings. The molecular formula is C19H18ClN3O3. The molecule has 0 unspecified atom stereocenters. The number of ether oxygens (including phenoxy) is 1. The number of benzene rings is 2. The van der Waals surface area contributed by atoms with Crippen LogP contribution in [0.15, 0.2) is 53.1 Å². The van der Waals surface area contributed by atoms with E-state index in [9.17, 15) is 4.79 Å². The summed E-state index contributed by atoms with van der Waals surface area (Å²) in [6, 6.07) is 13.7. The van der Waals surface area contributed by atoms with Crippen LogP contribution in [-0.2, 0) is 0 Å². The Morgan fingerprint density at radius 1 is 1.23 bits per heavy atom. The Labute approximate surface area is 156 Å². The lowest BCUT2D eigenvalue weighted by molar-refractivity contribution is 0.0932. The van der Waals surface area contributed by atoms with E-state index < -0.39 is 6.04 Å². The monoisotopic (exact) mass is 371 g/mol. The summed E-state index contributed by atoms with van der Waals surface area (Å²) in [6.07, 6.45) is 0. The minimum atomic E-state index is -0.446. The molecule has 26 heavy (non-hydrogen) atoms. The van der Waals surface area contributed by atoms with Crippen molar-refractivity contribution in [1.82, 2.24) is 15.5 Å². The van der Waals surface area contributed by atoms with Gasteiger partial charge in [0.2, 0.25) is 11.7 Å². The number of aromatic nitrogens is 2. The summed E-state index contributed by atoms with van der Waals surface area (Å²) in [4.78, 5) is 16.7. The van der Waals surface area contributed by atoms with Crippen LogP contribution in [0.25, 0.3) is 11.4 Å². The van der Waals surface area contributed by atoms with E-state index in [-0.39, 0.29) is 5.91 Å². The van der Waals surface area contributed by atoms with E-state index in [2.05, 4.69) is 15.5 Å². The minimum absolute atomic E-state index is 0.238. The standard InChI is InChI=1S/C19H18ClN3O3/c1-3-25-14-10-8-13(9-11-14)18(24)21-12(2)19-22-17(23-26-19)15-6-4-5-7-16(15)20/h4-12H,3H2,1-2H3,(H,21,24)/t12-/m1/s1. The topological polar surface area (TPSA) is 77.2 Å². The van der Waals surface area contributed by atoms with E-state index in [1.54, 1.807) is 43.3 Å². The third kappa shape index (κ3) is 4.03. The van der Waals surface area contributed by atoms with Crippen molar-refractivity contribution in [2.75, 3.05) is 6.61 Å². The van der Waals surface area contributed by atoms with E-state index in [0.29, 0.717) is 34.5 Å². The highest BCUT2D eigenvalue weighted by Crippen LogP contribution is 2.26. The maximum atomic E-state index is 12.4. The van der Waals surface area contributed by atoms with Gasteiger partial charge in [0.25, 0.3) is 5.91 Å². The summed E-state index contributed by atoms with van der Waals surface area (Å²) in [5.74, 6) is 1.17. The third-order valence-electron chi connectivity index (χ3n) is 3.70. The number of nitrogens with one attached hydrogen (secondary N) is 1. The predicted molar refractivity (Wildman–Crippen MR) is 98.2 cm³/mol. The molecule has 1 amide bonds. The smallest absolute Gasteiger partial charge is 0.251 e. The van der Waals surface area contributed by atoms with Crippen LogP contribution < -0.4 is 10.1 Å². The number of nitrogens with zero attached hydrogens (tertiary/aromatic N) is 2. The van der Waals surface area contributed by atoms with Crippen molar-refractivity contribution in [2.24, 2.45) is 0 Å². The van der Waals surface area contributed by atoms with Crippen molar-refractivity contribution in [3.8, 4) is 17.1 Å². The molecule has 0 spiro atoms. The van der Waals surface area contributed by atoms with Crippen molar-refractivity contribution in [3.05, 3.63) is 65.0 Å². The van der Waals surface area contributed by atoms with Crippen LogP contribution in [0.4, 0.5) is 0 Å². The number of hydrogen-bond acceptors (Lipinski definition) is 5. The van der Waals surface area contributed by atoms with Gasteiger partial charge < -0.3 is 14.6 Å². The third-order valence-corrected chi connectivity index (χ3v) is 4.03. The zero-order valence-electron chi connectivity index (χ0n) is 14.4. The second kappa shape index (κ2) is 8.01. The summed E-state index contributed by atoms with van der Waals surface area (Å²) in [5, 5.41) is 7.31. The van der Waals surface area contributed by atoms with Gasteiger partial charge in [0.05, 0.1) is 11.6 Å². The van der Waals surface area contributed by atoms with Gasteiger partial charge in [0, 0.05) is 11.1 Å². The Hall–Kier alpha value is -2.86. The van der Waals surface area contributed by atoms with Crippen LogP contribution in [0.3, 0.4) is 0 Å². The molecule has 134 valence electrons. The van der Waals surface area contributed by atoms with Gasteiger partial charge in [-0.05, 0) is 50.2 Å². The molecule has 2 aromatic carbocycles. The van der Waals surface area contributed by atoms with E-state index in [1.165, 1.54) is 0 Å². The quantitative estimate of drug-likeness (QED) is 0.699. The molecule has 0 aliphatic rings. The maximum absolute atomic E-state index is 12.4. The van der Waals surface area contributed by atoms with Gasteiger partial charge in [-0.15, -0.1) is 0 Å². The lowest BCUT2D eigenvalue weighted by Gasteiger charge is -2.10. The fourth-order valence-corrected chi connectivity index (χ4v) is 2.59. The molecule has 0 aliphatic carbocycles. The molecule has 3 rings (SSSR count). The summed E-state index contributed by atoms with van der Waals surface area (Å²) in [6.45, 7) is 4.26. The zero-order valence-corrected chi connectivity index (χ0v) is 15.2. The Balaban J connectivity index is 1.69. The fraction of sp³-hybridized carbons (Fsp3) is 0.211. The molecule has 1 aromatic heterocycles. The first-order valence-electron chi connectivity index (χ1n) is 8.20. The molecule has 0 aliphatic heterocycles. The van der Waals surface area contributed by atoms with Gasteiger partial charge in [-0.25, -0.2) is 0 Å². The van der Waals surface area contributed by atoms with Crippen LogP contribution in [-0.4, -0.2) is 22.7 Å². The van der Waals surface area contributed by atoms with Gasteiger partial charge in [0.15, 0.2) is 0 Å². The maximum Gasteiger partial charge on any atom is 0.251 e. The molecule has 1 N–H and O–H groups in total. The average Bonchev–Trinajstić information content (AvgIpc) is 3.13. The van der Waals surface area contributed by atoms with Crippen molar-refractivity contribution in [3.63, 3.8) is 0 Å². The van der Waals surface area contributed by atoms with Gasteiger partial charge in [-0.1, -0.05) is 28.9 Å². The molecular weight excluding hydrogens is 354 g/mol. The van der Waals surface area contributed by atoms with Crippen LogP contribution in [0.5, 0.6) is 5.75 Å². The van der Waals surface area contributed by atoms with Crippen LogP contribution in [0.1, 0.15) is 36.1 Å². The molecule has 7 heteroatoms. The van der Waals surface area contributed by atoms with Crippen molar-refractivity contribution < 1.29 is 14.1 Å². The Morgan fingerprint density at radius 2 is 1.96 bits per heavy atom. The Kier molecular flexibility index (Phi) is 5.53. The SMILES string of the molecule is CCOc1ccc(C(=O)N[C@H](C)c2nc(-c3ccccc3Cl)no2)cc1. The number of rotatable bonds is 6. The Morgan fingerprint density at radius 3 is 2.65 bits per heavy atom. The number of halogens is 1. The molecule has 0 fully saturated rings. The summed E-state index contributed by atoms with van der Waals surface area (Å²) in [5.41, 5.74) is 1.19. The van der Waals surface area contributed by atoms with Gasteiger partial charge in [-0.3, -0.25) is 4.79 Å². The van der Waals surface area contributed by atoms with Crippen molar-refractivity contribution >= 4 is 17.5 Å². The fourth-order valence-electron chi connectivity index (χ4n) is 2.37. The first kappa shape index (κ1) is 17.9. The molecule has 0 saturated heterocycles. The first-order valence-corrected chi connectivity index (χ1v) is 8.58. The lowest BCUT2D eigenvalue weighted by Crippen LogP contribution is -2.26. The summed E-state index contributed by atoms with van der Waals surface area (Å²) < 4.78 is 10.6.